The zero-order valence-corrected chi connectivity index (χ0v) is 13.0. The van der Waals surface area contributed by atoms with Crippen molar-refractivity contribution in [2.45, 2.75) is 31.2 Å². The average molecular weight is 398 g/mol. The number of rotatable bonds is 2. The Bertz CT molecular complexity index is 815. The highest BCUT2D eigenvalue weighted by Crippen LogP contribution is 2.48. The summed E-state index contributed by atoms with van der Waals surface area (Å²) in [6, 6.07) is 0. The number of carbonyl (C=O) groups excluding carboxylic acids is 2. The predicted octanol–water partition coefficient (Wildman–Crippen LogP) is 2.75. The fourth-order valence-corrected chi connectivity index (χ4v) is 3.91. The van der Waals surface area contributed by atoms with Crippen LogP contribution >= 0.6 is 0 Å². The van der Waals surface area contributed by atoms with Crippen LogP contribution in [0.1, 0.15) is 18.4 Å². The maximum atomic E-state index is 14.0. The van der Waals surface area contributed by atoms with Crippen LogP contribution in [0.15, 0.2) is 0 Å². The first kappa shape index (κ1) is 18.0. The molecule has 0 aliphatic carbocycles. The minimum Gasteiger partial charge on any atom is -0.373 e. The molecule has 1 N–H and O–H groups in total. The molecule has 0 spiro atoms. The van der Waals surface area contributed by atoms with E-state index in [2.05, 4.69) is 0 Å². The topological polar surface area (TPSA) is 58.6 Å². The van der Waals surface area contributed by atoms with Gasteiger partial charge < -0.3 is 4.74 Å². The van der Waals surface area contributed by atoms with E-state index in [9.17, 15) is 40.3 Å². The largest absolute Gasteiger partial charge is 0.422 e. The Morgan fingerprint density at radius 1 is 0.852 bits per heavy atom. The van der Waals surface area contributed by atoms with Crippen molar-refractivity contribution >= 4 is 17.5 Å². The van der Waals surface area contributed by atoms with Crippen LogP contribution in [-0.4, -0.2) is 29.0 Å². The number of anilines is 1. The lowest BCUT2D eigenvalue weighted by molar-refractivity contribution is -0.144. The van der Waals surface area contributed by atoms with E-state index in [1.54, 1.807) is 5.43 Å². The van der Waals surface area contributed by atoms with Crippen LogP contribution < -0.4 is 5.43 Å². The average Bonchev–Trinajstić information content (AvgIpc) is 3.24. The van der Waals surface area contributed by atoms with Gasteiger partial charge in [0.15, 0.2) is 23.3 Å². The van der Waals surface area contributed by atoms with Crippen molar-refractivity contribution in [1.29, 1.82) is 0 Å². The Kier molecular flexibility index (Phi) is 3.71. The van der Waals surface area contributed by atoms with E-state index in [0.29, 0.717) is 12.8 Å². The van der Waals surface area contributed by atoms with Gasteiger partial charge in [-0.2, -0.15) is 18.2 Å². The van der Waals surface area contributed by atoms with Crippen LogP contribution in [-0.2, 0) is 20.5 Å². The molecule has 3 aliphatic rings. The van der Waals surface area contributed by atoms with Crippen LogP contribution in [0, 0.1) is 35.1 Å². The first-order valence-electron chi connectivity index (χ1n) is 7.77. The summed E-state index contributed by atoms with van der Waals surface area (Å²) in [5.74, 6) is -13.9. The number of halogens is 7. The quantitative estimate of drug-likeness (QED) is 0.473. The molecule has 0 aromatic heterocycles. The number of fused-ring (bicyclic) bond motifs is 5. The Hall–Kier alpha value is -2.37. The molecule has 4 atom stereocenters. The van der Waals surface area contributed by atoms with Crippen molar-refractivity contribution in [3.05, 3.63) is 28.8 Å². The van der Waals surface area contributed by atoms with Gasteiger partial charge >= 0.3 is 6.18 Å². The number of nitrogens with zero attached hydrogens (tertiary/aromatic N) is 1. The molecule has 5 nitrogen and oxygen atoms in total. The molecule has 1 aromatic rings. The molecular weight excluding hydrogens is 389 g/mol. The molecule has 2 bridgehead atoms. The molecule has 3 saturated heterocycles. The van der Waals surface area contributed by atoms with Gasteiger partial charge in [0.25, 0.3) is 11.8 Å². The van der Waals surface area contributed by atoms with Crippen LogP contribution in [0.4, 0.5) is 36.4 Å². The molecule has 0 radical (unpaired) electrons. The highest BCUT2D eigenvalue weighted by atomic mass is 19.4. The molecule has 2 amide bonds. The second kappa shape index (κ2) is 5.57. The van der Waals surface area contributed by atoms with E-state index in [1.165, 1.54) is 0 Å². The zero-order chi connectivity index (χ0) is 19.8. The van der Waals surface area contributed by atoms with Crippen LogP contribution in [0.25, 0.3) is 0 Å². The van der Waals surface area contributed by atoms with Crippen molar-refractivity contribution < 1.29 is 45.1 Å². The van der Waals surface area contributed by atoms with Crippen molar-refractivity contribution in [2.75, 3.05) is 5.43 Å². The van der Waals surface area contributed by atoms with E-state index < -0.39 is 76.6 Å². The van der Waals surface area contributed by atoms with E-state index >= 15 is 0 Å². The molecule has 146 valence electrons. The molecule has 3 fully saturated rings. The molecule has 1 aromatic carbocycles. The van der Waals surface area contributed by atoms with Gasteiger partial charge in [0.05, 0.1) is 24.0 Å². The molecular formula is C15H9F7N2O3. The summed E-state index contributed by atoms with van der Waals surface area (Å²) in [5, 5.41) is 0.177. The van der Waals surface area contributed by atoms with Crippen molar-refractivity contribution in [3.63, 3.8) is 0 Å². The summed E-state index contributed by atoms with van der Waals surface area (Å²) in [6.07, 6.45) is -5.85. The summed E-state index contributed by atoms with van der Waals surface area (Å²) in [7, 11) is 0. The lowest BCUT2D eigenvalue weighted by atomic mass is 9.81. The van der Waals surface area contributed by atoms with Gasteiger partial charge in [0.1, 0.15) is 11.3 Å². The second-order valence-electron chi connectivity index (χ2n) is 6.47. The van der Waals surface area contributed by atoms with Gasteiger partial charge in [-0.15, -0.1) is 0 Å². The van der Waals surface area contributed by atoms with Crippen LogP contribution in [0.5, 0.6) is 0 Å². The smallest absolute Gasteiger partial charge is 0.373 e. The number of ether oxygens (including phenoxy) is 1. The number of imide groups is 1. The van der Waals surface area contributed by atoms with Crippen LogP contribution in [0.2, 0.25) is 0 Å². The normalized spacial score (nSPS) is 29.7. The lowest BCUT2D eigenvalue weighted by Gasteiger charge is -2.21. The number of hydrazine groups is 1. The highest BCUT2D eigenvalue weighted by molar-refractivity contribution is 6.07. The fraction of sp³-hybridized carbons (Fsp3) is 0.467. The summed E-state index contributed by atoms with van der Waals surface area (Å²) in [5.41, 5.74) is -2.83. The Morgan fingerprint density at radius 3 is 1.70 bits per heavy atom. The molecule has 3 aliphatic heterocycles. The molecule has 27 heavy (non-hydrogen) atoms. The number of hydrogen-bond acceptors (Lipinski definition) is 4. The molecule has 3 heterocycles. The summed E-state index contributed by atoms with van der Waals surface area (Å²) >= 11 is 0. The SMILES string of the molecule is O=C1C2C3CCC(O3)C2C(=O)N1Nc1c(F)c(F)c(C(F)(F)F)c(F)c1F. The van der Waals surface area contributed by atoms with Crippen molar-refractivity contribution in [3.8, 4) is 0 Å². The maximum Gasteiger partial charge on any atom is 0.422 e. The second-order valence-corrected chi connectivity index (χ2v) is 6.47. The van der Waals surface area contributed by atoms with Crippen molar-refractivity contribution in [1.82, 2.24) is 5.01 Å². The third kappa shape index (κ3) is 2.35. The number of carbonyl (C=O) groups is 2. The number of benzene rings is 1. The van der Waals surface area contributed by atoms with Gasteiger partial charge in [-0.1, -0.05) is 0 Å². The highest BCUT2D eigenvalue weighted by Gasteiger charge is 2.63. The molecule has 12 heteroatoms. The minimum absolute atomic E-state index is 0.177. The first-order chi connectivity index (χ1) is 12.5. The van der Waals surface area contributed by atoms with Crippen molar-refractivity contribution in [2.24, 2.45) is 11.8 Å². The summed E-state index contributed by atoms with van der Waals surface area (Å²) in [4.78, 5) is 24.7. The van der Waals surface area contributed by atoms with Gasteiger partial charge in [-0.25, -0.2) is 17.6 Å². The number of amides is 2. The standard InChI is InChI=1S/C15H9F7N2O3/c16-8-7(15(20,21)22)9(17)11(19)12(10(8)18)23-24-13(25)5-3-1-2-4(27-3)6(5)14(24)26/h3-6,23H,1-2H2. The first-order valence-corrected chi connectivity index (χ1v) is 7.77. The van der Waals surface area contributed by atoms with Crippen LogP contribution in [0.3, 0.4) is 0 Å². The Balaban J connectivity index is 1.72. The molecule has 4 unspecified atom stereocenters. The molecule has 0 saturated carbocycles. The van der Waals surface area contributed by atoms with E-state index in [4.69, 9.17) is 4.74 Å². The third-order valence-corrected chi connectivity index (χ3v) is 5.05. The van der Waals surface area contributed by atoms with Gasteiger partial charge in [0.2, 0.25) is 0 Å². The van der Waals surface area contributed by atoms with E-state index in [0.717, 1.165) is 0 Å². The Labute approximate surface area is 146 Å². The maximum absolute atomic E-state index is 14.0. The van der Waals surface area contributed by atoms with E-state index in [-0.39, 0.29) is 5.01 Å². The number of hydrogen-bond donors (Lipinski definition) is 1. The lowest BCUT2D eigenvalue weighted by Crippen LogP contribution is -2.39. The number of nitrogens with one attached hydrogen (secondary N) is 1. The fourth-order valence-electron chi connectivity index (χ4n) is 3.91. The predicted molar refractivity (Wildman–Crippen MR) is 71.6 cm³/mol. The minimum atomic E-state index is -5.69. The number of alkyl halides is 3. The van der Waals surface area contributed by atoms with E-state index in [1.807, 2.05) is 0 Å². The van der Waals surface area contributed by atoms with Gasteiger partial charge in [-0.3, -0.25) is 15.0 Å². The third-order valence-electron chi connectivity index (χ3n) is 5.05. The monoisotopic (exact) mass is 398 g/mol. The van der Waals surface area contributed by atoms with Gasteiger partial charge in [-0.05, 0) is 12.8 Å². The zero-order valence-electron chi connectivity index (χ0n) is 13.0. The summed E-state index contributed by atoms with van der Waals surface area (Å²) < 4.78 is 98.6. The van der Waals surface area contributed by atoms with Gasteiger partial charge in [0, 0.05) is 0 Å². The summed E-state index contributed by atoms with van der Waals surface area (Å²) in [6.45, 7) is 0. The molecule has 4 rings (SSSR count). The Morgan fingerprint density at radius 2 is 1.30 bits per heavy atom.